The maximum absolute atomic E-state index is 13.3. The molecule has 11 heteroatoms. The number of aliphatic hydroxyl groups excluding tert-OH is 2. The molecule has 0 spiro atoms. The number of benzene rings is 5. The third kappa shape index (κ3) is 8.53. The molecule has 5 atom stereocenters. The molecular weight excluding hydrogens is 703 g/mol. The van der Waals surface area contributed by atoms with E-state index in [0.717, 1.165) is 33.2 Å². The van der Waals surface area contributed by atoms with Gasteiger partial charge in [-0.25, -0.2) is 13.1 Å². The lowest BCUT2D eigenvalue weighted by Gasteiger charge is -2.44. The molecular formula is C43H43N3O7S. The molecule has 1 saturated heterocycles. The van der Waals surface area contributed by atoms with E-state index in [1.807, 2.05) is 90.8 Å². The molecule has 5 aromatic carbocycles. The van der Waals surface area contributed by atoms with Crippen LogP contribution in [0.25, 0.3) is 10.9 Å². The fourth-order valence-electron chi connectivity index (χ4n) is 7.02. The highest BCUT2D eigenvalue weighted by Crippen LogP contribution is 2.47. The van der Waals surface area contributed by atoms with Crippen LogP contribution in [0.15, 0.2) is 145 Å². The summed E-state index contributed by atoms with van der Waals surface area (Å²) in [5.74, 6) is -0.144. The molecule has 0 aliphatic carbocycles. The normalized spacial score (nSPS) is 19.6. The molecule has 1 aromatic heterocycles. The predicted molar refractivity (Wildman–Crippen MR) is 206 cm³/mol. The van der Waals surface area contributed by atoms with Crippen LogP contribution in [-0.4, -0.2) is 59.9 Å². The van der Waals surface area contributed by atoms with Crippen LogP contribution < -0.4 is 4.72 Å². The van der Waals surface area contributed by atoms with Gasteiger partial charge in [-0.05, 0) is 59.1 Å². The summed E-state index contributed by atoms with van der Waals surface area (Å²) in [4.78, 5) is 6.44. The first-order chi connectivity index (χ1) is 26.2. The SMILES string of the molecule is CN(CC(O)c1cccc(O)c1)CC1OC(c2ccc(CNS(=O)(=O)c3cccc4cccnc34)cc2)OC(c2ccc(CO)cc2)C1c1ccccc1. The Labute approximate surface area is 315 Å². The fraction of sp³-hybridized carbons (Fsp3) is 0.233. The number of ether oxygens (including phenoxy) is 2. The van der Waals surface area contributed by atoms with E-state index in [1.165, 1.54) is 0 Å². The Morgan fingerprint density at radius 1 is 0.796 bits per heavy atom. The van der Waals surface area contributed by atoms with Gasteiger partial charge in [0.15, 0.2) is 6.29 Å². The summed E-state index contributed by atoms with van der Waals surface area (Å²) in [6.45, 7) is 0.744. The second-order valence-electron chi connectivity index (χ2n) is 13.6. The third-order valence-electron chi connectivity index (χ3n) is 9.81. The number of likely N-dealkylation sites (N-methyl/N-ethyl adjacent to an activating group) is 1. The molecule has 54 heavy (non-hydrogen) atoms. The number of pyridine rings is 1. The Balaban J connectivity index is 1.15. The van der Waals surface area contributed by atoms with Gasteiger partial charge in [0, 0.05) is 42.7 Å². The van der Waals surface area contributed by atoms with Crippen molar-refractivity contribution in [2.45, 2.75) is 48.6 Å². The zero-order chi connectivity index (χ0) is 37.7. The number of nitrogens with zero attached hydrogens (tertiary/aromatic N) is 2. The largest absolute Gasteiger partial charge is 0.508 e. The van der Waals surface area contributed by atoms with Gasteiger partial charge in [0.2, 0.25) is 10.0 Å². The van der Waals surface area contributed by atoms with Gasteiger partial charge in [-0.15, -0.1) is 0 Å². The number of nitrogens with one attached hydrogen (secondary N) is 1. The predicted octanol–water partition coefficient (Wildman–Crippen LogP) is 6.52. The van der Waals surface area contributed by atoms with Crippen molar-refractivity contribution < 1.29 is 33.2 Å². The number of hydrogen-bond acceptors (Lipinski definition) is 9. The third-order valence-corrected chi connectivity index (χ3v) is 11.2. The Morgan fingerprint density at radius 3 is 2.24 bits per heavy atom. The number of sulfonamides is 1. The highest BCUT2D eigenvalue weighted by atomic mass is 32.2. The zero-order valence-electron chi connectivity index (χ0n) is 29.8. The van der Waals surface area contributed by atoms with Crippen LogP contribution in [0.3, 0.4) is 0 Å². The van der Waals surface area contributed by atoms with Gasteiger partial charge in [-0.3, -0.25) is 4.98 Å². The van der Waals surface area contributed by atoms with Crippen LogP contribution in [0.4, 0.5) is 0 Å². The molecule has 6 aromatic rings. The Kier molecular flexibility index (Phi) is 11.5. The molecule has 1 aliphatic rings. The summed E-state index contributed by atoms with van der Waals surface area (Å²) in [5.41, 5.74) is 5.29. The van der Waals surface area contributed by atoms with E-state index in [2.05, 4.69) is 21.8 Å². The number of phenols is 1. The molecule has 0 saturated carbocycles. The molecule has 10 nitrogen and oxygen atoms in total. The highest BCUT2D eigenvalue weighted by molar-refractivity contribution is 7.89. The molecule has 0 amide bonds. The van der Waals surface area contributed by atoms with Crippen LogP contribution >= 0.6 is 0 Å². The van der Waals surface area contributed by atoms with Crippen LogP contribution in [0, 0.1) is 0 Å². The quantitative estimate of drug-likeness (QED) is 0.104. The number of aromatic nitrogens is 1. The van der Waals surface area contributed by atoms with Crippen molar-refractivity contribution in [2.24, 2.45) is 0 Å². The molecule has 0 radical (unpaired) electrons. The van der Waals surface area contributed by atoms with Gasteiger partial charge in [0.1, 0.15) is 10.6 Å². The first-order valence-corrected chi connectivity index (χ1v) is 19.3. The van der Waals surface area contributed by atoms with Gasteiger partial charge in [-0.1, -0.05) is 109 Å². The van der Waals surface area contributed by atoms with Crippen molar-refractivity contribution in [3.63, 3.8) is 0 Å². The van der Waals surface area contributed by atoms with Crippen molar-refractivity contribution in [1.82, 2.24) is 14.6 Å². The first-order valence-electron chi connectivity index (χ1n) is 17.8. The van der Waals surface area contributed by atoms with E-state index in [9.17, 15) is 23.7 Å². The van der Waals surface area contributed by atoms with Gasteiger partial charge in [0.25, 0.3) is 0 Å². The maximum Gasteiger partial charge on any atom is 0.243 e. The average molecular weight is 746 g/mol. The standard InChI is InChI=1S/C43H43N3O7S/c1-46(26-37(49)35-11-5-13-36(48)24-35)27-38-40(31-8-3-2-4-9-31)42(33-19-17-30(28-47)18-20-33)53-43(52-38)34-21-15-29(16-22-34)25-45-54(50,51)39-14-6-10-32-12-7-23-44-41(32)39/h2-24,37-38,40,42-43,45,47-49H,25-28H2,1H3. The lowest BCUT2D eigenvalue weighted by Crippen LogP contribution is -2.44. The van der Waals surface area contributed by atoms with Gasteiger partial charge in [0.05, 0.1) is 30.4 Å². The summed E-state index contributed by atoms with van der Waals surface area (Å²) in [6, 6.07) is 40.6. The molecule has 1 aliphatic heterocycles. The Morgan fingerprint density at radius 2 is 1.50 bits per heavy atom. The van der Waals surface area contributed by atoms with Crippen molar-refractivity contribution in [2.75, 3.05) is 20.1 Å². The first kappa shape index (κ1) is 37.3. The van der Waals surface area contributed by atoms with Crippen LogP contribution in [0.5, 0.6) is 5.75 Å². The molecule has 5 unspecified atom stereocenters. The molecule has 0 bridgehead atoms. The van der Waals surface area contributed by atoms with Gasteiger partial charge >= 0.3 is 0 Å². The number of phenolic OH excluding ortho intramolecular Hbond substituents is 1. The lowest BCUT2D eigenvalue weighted by atomic mass is 9.83. The van der Waals surface area contributed by atoms with E-state index >= 15 is 0 Å². The lowest BCUT2D eigenvalue weighted by molar-refractivity contribution is -0.263. The number of para-hydroxylation sites is 1. The van der Waals surface area contributed by atoms with E-state index < -0.39 is 34.6 Å². The smallest absolute Gasteiger partial charge is 0.243 e. The minimum absolute atomic E-state index is 0.0725. The van der Waals surface area contributed by atoms with Gasteiger partial charge < -0.3 is 29.7 Å². The number of aliphatic hydroxyl groups is 2. The minimum Gasteiger partial charge on any atom is -0.508 e. The summed E-state index contributed by atoms with van der Waals surface area (Å²) in [6.07, 6.45) is -0.856. The zero-order valence-corrected chi connectivity index (χ0v) is 30.6. The summed E-state index contributed by atoms with van der Waals surface area (Å²) in [5, 5.41) is 31.6. The van der Waals surface area contributed by atoms with E-state index in [1.54, 1.807) is 48.7 Å². The number of fused-ring (bicyclic) bond motifs is 1. The molecule has 4 N–H and O–H groups in total. The highest BCUT2D eigenvalue weighted by Gasteiger charge is 2.42. The van der Waals surface area contributed by atoms with E-state index in [4.69, 9.17) is 9.47 Å². The molecule has 2 heterocycles. The van der Waals surface area contributed by atoms with Crippen LogP contribution in [0.2, 0.25) is 0 Å². The minimum atomic E-state index is -3.85. The Bertz CT molecular complexity index is 2270. The van der Waals surface area contributed by atoms with Crippen LogP contribution in [-0.2, 0) is 32.6 Å². The van der Waals surface area contributed by atoms with Gasteiger partial charge in [-0.2, -0.15) is 0 Å². The summed E-state index contributed by atoms with van der Waals surface area (Å²) in [7, 11) is -1.92. The monoisotopic (exact) mass is 745 g/mol. The van der Waals surface area contributed by atoms with Crippen molar-refractivity contribution in [1.29, 1.82) is 0 Å². The Hall–Kier alpha value is -4.98. The number of hydrogen-bond donors (Lipinski definition) is 4. The molecule has 7 rings (SSSR count). The topological polar surface area (TPSA) is 141 Å². The van der Waals surface area contributed by atoms with Crippen molar-refractivity contribution >= 4 is 20.9 Å². The maximum atomic E-state index is 13.3. The second kappa shape index (κ2) is 16.6. The average Bonchev–Trinajstić information content (AvgIpc) is 3.20. The van der Waals surface area contributed by atoms with Crippen molar-refractivity contribution in [3.8, 4) is 5.75 Å². The number of aromatic hydroxyl groups is 1. The molecule has 278 valence electrons. The van der Waals surface area contributed by atoms with Crippen molar-refractivity contribution in [3.05, 3.63) is 173 Å². The van der Waals surface area contributed by atoms with E-state index in [0.29, 0.717) is 24.2 Å². The fourth-order valence-corrected chi connectivity index (χ4v) is 8.22. The van der Waals surface area contributed by atoms with Crippen LogP contribution in [0.1, 0.15) is 57.8 Å². The van der Waals surface area contributed by atoms with E-state index in [-0.39, 0.29) is 29.7 Å². The second-order valence-corrected chi connectivity index (χ2v) is 15.4. The summed E-state index contributed by atoms with van der Waals surface area (Å²) >= 11 is 0. The summed E-state index contributed by atoms with van der Waals surface area (Å²) < 4.78 is 43.1. The number of rotatable bonds is 13. The molecule has 1 fully saturated rings.